The van der Waals surface area contributed by atoms with Crippen LogP contribution in [0.2, 0.25) is 0 Å². The monoisotopic (exact) mass is 421 g/mol. The van der Waals surface area contributed by atoms with Gasteiger partial charge in [-0.1, -0.05) is 115 Å². The molecule has 0 aliphatic rings. The summed E-state index contributed by atoms with van der Waals surface area (Å²) in [5.41, 5.74) is 6.15. The SMILES string of the molecule is CCCCCC=CCC=CCCCCCCCCOCC(N)CCCCCCCC. The standard InChI is InChI=1S/C28H55NO/c1-3-5-7-9-11-12-13-14-15-16-17-18-19-20-22-24-26-30-27-28(29)25-23-21-10-8-6-4-2/h11-12,14-15,28H,3-10,13,16-27,29H2,1-2H3. The molecule has 0 aliphatic carbocycles. The third kappa shape index (κ3) is 25.4. The average molecular weight is 422 g/mol. The van der Waals surface area contributed by atoms with E-state index in [4.69, 9.17) is 10.5 Å². The fraction of sp³-hybridized carbons (Fsp3) is 0.857. The third-order valence-corrected chi connectivity index (χ3v) is 5.75. The quantitative estimate of drug-likeness (QED) is 0.125. The predicted molar refractivity (Wildman–Crippen MR) is 136 cm³/mol. The first-order valence-corrected chi connectivity index (χ1v) is 13.4. The fourth-order valence-electron chi connectivity index (χ4n) is 3.70. The topological polar surface area (TPSA) is 35.2 Å². The van der Waals surface area contributed by atoms with E-state index < -0.39 is 0 Å². The molecule has 0 fully saturated rings. The molecule has 2 heteroatoms. The zero-order chi connectivity index (χ0) is 22.0. The van der Waals surface area contributed by atoms with Crippen molar-refractivity contribution in [3.63, 3.8) is 0 Å². The minimum atomic E-state index is 0.237. The molecule has 0 spiro atoms. The van der Waals surface area contributed by atoms with Gasteiger partial charge in [0, 0.05) is 12.6 Å². The van der Waals surface area contributed by atoms with E-state index in [1.807, 2.05) is 0 Å². The number of hydrogen-bond acceptors (Lipinski definition) is 2. The molecule has 0 aliphatic heterocycles. The Bertz CT molecular complexity index is 364. The Morgan fingerprint density at radius 1 is 0.600 bits per heavy atom. The van der Waals surface area contributed by atoms with Gasteiger partial charge in [-0.25, -0.2) is 0 Å². The Hall–Kier alpha value is -0.600. The Kier molecular flexibility index (Phi) is 25.9. The van der Waals surface area contributed by atoms with Crippen molar-refractivity contribution >= 4 is 0 Å². The molecule has 178 valence electrons. The molecule has 0 bridgehead atoms. The van der Waals surface area contributed by atoms with Crippen LogP contribution in [0.25, 0.3) is 0 Å². The van der Waals surface area contributed by atoms with Crippen LogP contribution in [-0.4, -0.2) is 19.3 Å². The summed E-state index contributed by atoms with van der Waals surface area (Å²) >= 11 is 0. The van der Waals surface area contributed by atoms with Crippen LogP contribution in [0.3, 0.4) is 0 Å². The van der Waals surface area contributed by atoms with Gasteiger partial charge in [0.15, 0.2) is 0 Å². The molecule has 0 rings (SSSR count). The summed E-state index contributed by atoms with van der Waals surface area (Å²) < 4.78 is 5.77. The Labute approximate surface area is 190 Å². The number of unbranched alkanes of at least 4 members (excludes halogenated alkanes) is 14. The molecule has 1 atom stereocenters. The van der Waals surface area contributed by atoms with E-state index in [2.05, 4.69) is 38.2 Å². The van der Waals surface area contributed by atoms with E-state index in [1.54, 1.807) is 0 Å². The molecule has 2 nitrogen and oxygen atoms in total. The highest BCUT2D eigenvalue weighted by Crippen LogP contribution is 2.10. The smallest absolute Gasteiger partial charge is 0.0617 e. The van der Waals surface area contributed by atoms with Crippen molar-refractivity contribution in [1.82, 2.24) is 0 Å². The van der Waals surface area contributed by atoms with Crippen LogP contribution in [0.15, 0.2) is 24.3 Å². The fourth-order valence-corrected chi connectivity index (χ4v) is 3.70. The molecule has 0 aromatic heterocycles. The highest BCUT2D eigenvalue weighted by atomic mass is 16.5. The molecule has 1 unspecified atom stereocenters. The number of rotatable bonds is 24. The van der Waals surface area contributed by atoms with Gasteiger partial charge in [0.25, 0.3) is 0 Å². The number of hydrogen-bond donors (Lipinski definition) is 1. The van der Waals surface area contributed by atoms with Crippen molar-refractivity contribution in [2.75, 3.05) is 13.2 Å². The van der Waals surface area contributed by atoms with Gasteiger partial charge in [-0.15, -0.1) is 0 Å². The van der Waals surface area contributed by atoms with Gasteiger partial charge in [0.05, 0.1) is 6.61 Å². The largest absolute Gasteiger partial charge is 0.380 e. The maximum absolute atomic E-state index is 6.15. The van der Waals surface area contributed by atoms with Crippen molar-refractivity contribution in [1.29, 1.82) is 0 Å². The molecule has 0 aromatic rings. The van der Waals surface area contributed by atoms with Gasteiger partial charge in [0.1, 0.15) is 0 Å². The minimum absolute atomic E-state index is 0.237. The number of ether oxygens (including phenoxy) is 1. The summed E-state index contributed by atoms with van der Waals surface area (Å²) in [7, 11) is 0. The average Bonchev–Trinajstić information content (AvgIpc) is 2.75. The van der Waals surface area contributed by atoms with E-state index >= 15 is 0 Å². The molecule has 0 saturated heterocycles. The zero-order valence-corrected chi connectivity index (χ0v) is 20.7. The van der Waals surface area contributed by atoms with Crippen molar-refractivity contribution < 1.29 is 4.74 Å². The molecular formula is C28H55NO. The Morgan fingerprint density at radius 2 is 1.10 bits per heavy atom. The first-order valence-electron chi connectivity index (χ1n) is 13.4. The lowest BCUT2D eigenvalue weighted by atomic mass is 10.1. The second kappa shape index (κ2) is 26.4. The van der Waals surface area contributed by atoms with Gasteiger partial charge in [-0.05, 0) is 44.9 Å². The van der Waals surface area contributed by atoms with Crippen LogP contribution in [0.1, 0.15) is 136 Å². The lowest BCUT2D eigenvalue weighted by Crippen LogP contribution is -2.26. The summed E-state index contributed by atoms with van der Waals surface area (Å²) in [5, 5.41) is 0. The van der Waals surface area contributed by atoms with Crippen LogP contribution in [0.5, 0.6) is 0 Å². The summed E-state index contributed by atoms with van der Waals surface area (Å²) in [6, 6.07) is 0.237. The number of allylic oxidation sites excluding steroid dienone is 4. The summed E-state index contributed by atoms with van der Waals surface area (Å²) in [4.78, 5) is 0. The van der Waals surface area contributed by atoms with Crippen molar-refractivity contribution in [3.05, 3.63) is 24.3 Å². The first-order chi connectivity index (χ1) is 14.8. The van der Waals surface area contributed by atoms with Crippen LogP contribution in [0, 0.1) is 0 Å². The van der Waals surface area contributed by atoms with Crippen LogP contribution >= 0.6 is 0 Å². The van der Waals surface area contributed by atoms with E-state index in [9.17, 15) is 0 Å². The van der Waals surface area contributed by atoms with Crippen molar-refractivity contribution in [2.45, 2.75) is 142 Å². The normalized spacial score (nSPS) is 13.0. The van der Waals surface area contributed by atoms with Crippen molar-refractivity contribution in [2.24, 2.45) is 5.73 Å². The maximum atomic E-state index is 6.15. The molecule has 0 heterocycles. The van der Waals surface area contributed by atoms with E-state index in [1.165, 1.54) is 109 Å². The Balaban J connectivity index is 3.21. The summed E-state index contributed by atoms with van der Waals surface area (Å²) in [6.45, 7) is 6.16. The maximum Gasteiger partial charge on any atom is 0.0617 e. The second-order valence-corrected chi connectivity index (χ2v) is 8.98. The summed E-state index contributed by atoms with van der Waals surface area (Å²) in [5.74, 6) is 0. The molecule has 0 saturated carbocycles. The van der Waals surface area contributed by atoms with E-state index in [-0.39, 0.29) is 6.04 Å². The minimum Gasteiger partial charge on any atom is -0.380 e. The third-order valence-electron chi connectivity index (χ3n) is 5.75. The van der Waals surface area contributed by atoms with Gasteiger partial charge in [0.2, 0.25) is 0 Å². The van der Waals surface area contributed by atoms with Gasteiger partial charge < -0.3 is 10.5 Å². The lowest BCUT2D eigenvalue weighted by Gasteiger charge is -2.12. The van der Waals surface area contributed by atoms with Crippen LogP contribution in [-0.2, 0) is 4.74 Å². The van der Waals surface area contributed by atoms with Gasteiger partial charge in [-0.3, -0.25) is 0 Å². The van der Waals surface area contributed by atoms with Gasteiger partial charge >= 0.3 is 0 Å². The number of nitrogens with two attached hydrogens (primary N) is 1. The molecule has 30 heavy (non-hydrogen) atoms. The van der Waals surface area contributed by atoms with Crippen LogP contribution < -0.4 is 5.73 Å². The van der Waals surface area contributed by atoms with Gasteiger partial charge in [-0.2, -0.15) is 0 Å². The highest BCUT2D eigenvalue weighted by molar-refractivity contribution is 4.92. The zero-order valence-electron chi connectivity index (χ0n) is 20.7. The summed E-state index contributed by atoms with van der Waals surface area (Å²) in [6.07, 6.45) is 34.0. The first kappa shape index (κ1) is 29.4. The van der Waals surface area contributed by atoms with Crippen LogP contribution in [0.4, 0.5) is 0 Å². The van der Waals surface area contributed by atoms with Crippen molar-refractivity contribution in [3.8, 4) is 0 Å². The second-order valence-electron chi connectivity index (χ2n) is 8.98. The molecular weight excluding hydrogens is 366 g/mol. The predicted octanol–water partition coefficient (Wildman–Crippen LogP) is 8.89. The van der Waals surface area contributed by atoms with E-state index in [0.717, 1.165) is 26.1 Å². The van der Waals surface area contributed by atoms with E-state index in [0.29, 0.717) is 0 Å². The highest BCUT2D eigenvalue weighted by Gasteiger charge is 2.02. The Morgan fingerprint density at radius 3 is 1.77 bits per heavy atom. The molecule has 0 aromatic carbocycles. The lowest BCUT2D eigenvalue weighted by molar-refractivity contribution is 0.114. The molecule has 0 radical (unpaired) electrons. The molecule has 0 amide bonds. The molecule has 2 N–H and O–H groups in total.